The number of rotatable bonds is 6. The first-order chi connectivity index (χ1) is 10.7. The van der Waals surface area contributed by atoms with Crippen molar-refractivity contribution < 1.29 is 19.1 Å². The Morgan fingerprint density at radius 3 is 1.55 bits per heavy atom. The molecule has 0 N–H and O–H groups in total. The summed E-state index contributed by atoms with van der Waals surface area (Å²) in [5.74, 6) is -0.332. The first-order valence-corrected chi connectivity index (χ1v) is 7.72. The number of alkyl halides is 2. The molecular formula is C16H14Cl2O4. The van der Waals surface area contributed by atoms with Gasteiger partial charge in [0.05, 0.1) is 22.9 Å². The number of hydrogen-bond acceptors (Lipinski definition) is 4. The Balaban J connectivity index is 2.21. The van der Waals surface area contributed by atoms with Crippen LogP contribution in [-0.2, 0) is 9.47 Å². The van der Waals surface area contributed by atoms with Crippen LogP contribution in [-0.4, -0.2) is 36.9 Å². The molecule has 0 unspecified atom stereocenters. The fourth-order valence-electron chi connectivity index (χ4n) is 1.93. The summed E-state index contributed by atoms with van der Waals surface area (Å²) in [6, 6.07) is 10.2. The molecule has 2 aromatic rings. The molecule has 2 aromatic carbocycles. The molecule has 0 saturated heterocycles. The number of halogens is 2. The zero-order valence-corrected chi connectivity index (χ0v) is 13.2. The van der Waals surface area contributed by atoms with Crippen molar-refractivity contribution in [2.24, 2.45) is 0 Å². The summed E-state index contributed by atoms with van der Waals surface area (Å²) >= 11 is 11.0. The lowest BCUT2D eigenvalue weighted by Crippen LogP contribution is -2.08. The van der Waals surface area contributed by atoms with E-state index >= 15 is 0 Å². The smallest absolute Gasteiger partial charge is 0.338 e. The second kappa shape index (κ2) is 8.01. The van der Waals surface area contributed by atoms with E-state index in [0.717, 1.165) is 10.8 Å². The number of hydrogen-bond donors (Lipinski definition) is 0. The van der Waals surface area contributed by atoms with Crippen LogP contribution in [0.2, 0.25) is 0 Å². The lowest BCUT2D eigenvalue weighted by molar-refractivity contribution is 0.0519. The van der Waals surface area contributed by atoms with Crippen molar-refractivity contribution in [2.75, 3.05) is 25.0 Å². The predicted molar refractivity (Wildman–Crippen MR) is 86.0 cm³/mol. The molecule has 0 saturated carbocycles. The summed E-state index contributed by atoms with van der Waals surface area (Å²) in [5, 5.41) is 1.66. The molecule has 2 rings (SSSR count). The van der Waals surface area contributed by atoms with Gasteiger partial charge in [0, 0.05) is 0 Å². The maximum absolute atomic E-state index is 11.8. The van der Waals surface area contributed by atoms with Crippen LogP contribution < -0.4 is 0 Å². The Labute approximate surface area is 137 Å². The molecule has 0 aliphatic rings. The predicted octanol–water partition coefficient (Wildman–Crippen LogP) is 3.63. The third kappa shape index (κ3) is 4.12. The molecule has 0 aliphatic heterocycles. The van der Waals surface area contributed by atoms with E-state index in [1.54, 1.807) is 36.4 Å². The second-order valence-corrected chi connectivity index (χ2v) is 5.18. The van der Waals surface area contributed by atoms with E-state index in [1.807, 2.05) is 0 Å². The van der Waals surface area contributed by atoms with Crippen molar-refractivity contribution in [1.29, 1.82) is 0 Å². The standard InChI is InChI=1S/C16H14Cl2O4/c17-5-7-21-15(19)13-3-1-11-9-14(4-2-12(11)10-13)16(20)22-8-6-18/h1-4,9-10H,5-8H2. The highest BCUT2D eigenvalue weighted by Crippen LogP contribution is 2.19. The number of benzene rings is 2. The second-order valence-electron chi connectivity index (χ2n) is 4.43. The van der Waals surface area contributed by atoms with Gasteiger partial charge < -0.3 is 9.47 Å². The van der Waals surface area contributed by atoms with Crippen molar-refractivity contribution in [2.45, 2.75) is 0 Å². The summed E-state index contributed by atoms with van der Waals surface area (Å²) in [7, 11) is 0. The normalized spacial score (nSPS) is 10.5. The van der Waals surface area contributed by atoms with Gasteiger partial charge >= 0.3 is 11.9 Å². The van der Waals surface area contributed by atoms with Crippen LogP contribution >= 0.6 is 23.2 Å². The molecule has 22 heavy (non-hydrogen) atoms. The molecular weight excluding hydrogens is 327 g/mol. The van der Waals surface area contributed by atoms with Crippen LogP contribution in [0.4, 0.5) is 0 Å². The molecule has 0 heterocycles. The summed E-state index contributed by atoms with van der Waals surface area (Å²) in [6.07, 6.45) is 0. The van der Waals surface area contributed by atoms with E-state index < -0.39 is 11.9 Å². The number of fused-ring (bicyclic) bond motifs is 1. The van der Waals surface area contributed by atoms with E-state index in [2.05, 4.69) is 0 Å². The van der Waals surface area contributed by atoms with E-state index in [0.29, 0.717) is 11.1 Å². The van der Waals surface area contributed by atoms with Crippen LogP contribution in [0.15, 0.2) is 36.4 Å². The van der Waals surface area contributed by atoms with Gasteiger partial charge in [-0.3, -0.25) is 0 Å². The molecule has 4 nitrogen and oxygen atoms in total. The first-order valence-electron chi connectivity index (χ1n) is 6.65. The highest BCUT2D eigenvalue weighted by Gasteiger charge is 2.10. The molecule has 0 bridgehead atoms. The highest BCUT2D eigenvalue weighted by atomic mass is 35.5. The largest absolute Gasteiger partial charge is 0.461 e. The van der Waals surface area contributed by atoms with Crippen molar-refractivity contribution in [3.05, 3.63) is 47.5 Å². The van der Waals surface area contributed by atoms with Crippen LogP contribution in [0.1, 0.15) is 20.7 Å². The monoisotopic (exact) mass is 340 g/mol. The van der Waals surface area contributed by atoms with Gasteiger partial charge in [-0.05, 0) is 35.0 Å². The molecule has 0 aliphatic carbocycles. The lowest BCUT2D eigenvalue weighted by atomic mass is 10.0. The van der Waals surface area contributed by atoms with Gasteiger partial charge in [0.1, 0.15) is 13.2 Å². The fourth-order valence-corrected chi connectivity index (χ4v) is 2.08. The Morgan fingerprint density at radius 2 is 1.18 bits per heavy atom. The third-order valence-corrected chi connectivity index (χ3v) is 3.24. The summed E-state index contributed by atoms with van der Waals surface area (Å²) in [5.41, 5.74) is 0.880. The third-order valence-electron chi connectivity index (χ3n) is 2.93. The Morgan fingerprint density at radius 1 is 0.773 bits per heavy atom. The SMILES string of the molecule is O=C(OCCCl)c1ccc2cc(C(=O)OCCCl)ccc2c1. The summed E-state index contributed by atoms with van der Waals surface area (Å²) < 4.78 is 9.95. The Hall–Kier alpha value is -1.78. The van der Waals surface area contributed by atoms with E-state index in [9.17, 15) is 9.59 Å². The van der Waals surface area contributed by atoms with E-state index in [-0.39, 0.29) is 25.0 Å². The Kier molecular flexibility index (Phi) is 6.04. The summed E-state index contributed by atoms with van der Waals surface area (Å²) in [6.45, 7) is 0.341. The quantitative estimate of drug-likeness (QED) is 0.595. The average molecular weight is 341 g/mol. The zero-order chi connectivity index (χ0) is 15.9. The minimum Gasteiger partial charge on any atom is -0.461 e. The van der Waals surface area contributed by atoms with Crippen LogP contribution in [0.5, 0.6) is 0 Å². The fraction of sp³-hybridized carbons (Fsp3) is 0.250. The van der Waals surface area contributed by atoms with Crippen LogP contribution in [0, 0.1) is 0 Å². The molecule has 0 atom stereocenters. The molecule has 116 valence electrons. The van der Waals surface area contributed by atoms with Crippen molar-refractivity contribution >= 4 is 45.9 Å². The van der Waals surface area contributed by atoms with Crippen molar-refractivity contribution in [3.8, 4) is 0 Å². The first kappa shape index (κ1) is 16.6. The van der Waals surface area contributed by atoms with Crippen molar-refractivity contribution in [3.63, 3.8) is 0 Å². The summed E-state index contributed by atoms with van der Waals surface area (Å²) in [4.78, 5) is 23.5. The zero-order valence-electron chi connectivity index (χ0n) is 11.7. The van der Waals surface area contributed by atoms with E-state index in [4.69, 9.17) is 32.7 Å². The van der Waals surface area contributed by atoms with Crippen molar-refractivity contribution in [1.82, 2.24) is 0 Å². The van der Waals surface area contributed by atoms with E-state index in [1.165, 1.54) is 0 Å². The van der Waals surface area contributed by atoms with Gasteiger partial charge in [0.2, 0.25) is 0 Å². The number of carbonyl (C=O) groups is 2. The lowest BCUT2D eigenvalue weighted by Gasteiger charge is -2.06. The van der Waals surface area contributed by atoms with Crippen LogP contribution in [0.3, 0.4) is 0 Å². The number of ether oxygens (including phenoxy) is 2. The Bertz CT molecular complexity index is 626. The average Bonchev–Trinajstić information content (AvgIpc) is 2.56. The highest BCUT2D eigenvalue weighted by molar-refractivity contribution is 6.18. The minimum absolute atomic E-state index is 0.170. The molecule has 0 spiro atoms. The number of carbonyl (C=O) groups excluding carboxylic acids is 2. The minimum atomic E-state index is -0.423. The topological polar surface area (TPSA) is 52.6 Å². The number of esters is 2. The van der Waals surface area contributed by atoms with Gasteiger partial charge in [-0.15, -0.1) is 23.2 Å². The molecule has 0 fully saturated rings. The molecule has 0 radical (unpaired) electrons. The molecule has 6 heteroatoms. The molecule has 0 amide bonds. The van der Waals surface area contributed by atoms with Gasteiger partial charge in [0.25, 0.3) is 0 Å². The van der Waals surface area contributed by atoms with Gasteiger partial charge in [0.15, 0.2) is 0 Å². The van der Waals surface area contributed by atoms with Gasteiger partial charge in [-0.2, -0.15) is 0 Å². The molecule has 0 aromatic heterocycles. The van der Waals surface area contributed by atoms with Gasteiger partial charge in [-0.25, -0.2) is 9.59 Å². The van der Waals surface area contributed by atoms with Gasteiger partial charge in [-0.1, -0.05) is 12.1 Å². The maximum Gasteiger partial charge on any atom is 0.338 e. The van der Waals surface area contributed by atoms with Crippen LogP contribution in [0.25, 0.3) is 10.8 Å². The maximum atomic E-state index is 11.8.